The summed E-state index contributed by atoms with van der Waals surface area (Å²) in [6.45, 7) is 4.23. The maximum absolute atomic E-state index is 13.3. The van der Waals surface area contributed by atoms with Crippen LogP contribution in [0.5, 0.6) is 0 Å². The third-order valence-electron chi connectivity index (χ3n) is 2.76. The predicted molar refractivity (Wildman–Crippen MR) is 64.1 cm³/mol. The van der Waals surface area contributed by atoms with Crippen LogP contribution in [-0.4, -0.2) is 13.1 Å². The zero-order chi connectivity index (χ0) is 11.4. The molecule has 0 aliphatic heterocycles. The van der Waals surface area contributed by atoms with Gasteiger partial charge in [0.25, 0.3) is 0 Å². The van der Waals surface area contributed by atoms with E-state index in [4.69, 9.17) is 11.6 Å². The minimum atomic E-state index is -0.224. The van der Waals surface area contributed by atoms with Crippen molar-refractivity contribution in [3.8, 4) is 0 Å². The molecule has 84 valence electrons. The van der Waals surface area contributed by atoms with Gasteiger partial charge < -0.3 is 4.90 Å². The van der Waals surface area contributed by atoms with Gasteiger partial charge in [0.2, 0.25) is 0 Å². The SMILES string of the molecule is CCC(C)N(C)c1cc(F)cc(CCl)c1. The van der Waals surface area contributed by atoms with Gasteiger partial charge in [0.1, 0.15) is 5.82 Å². The quantitative estimate of drug-likeness (QED) is 0.710. The highest BCUT2D eigenvalue weighted by Crippen LogP contribution is 2.21. The first-order chi connectivity index (χ1) is 7.08. The van der Waals surface area contributed by atoms with Crippen LogP contribution in [0, 0.1) is 5.82 Å². The Morgan fingerprint density at radius 2 is 2.07 bits per heavy atom. The van der Waals surface area contributed by atoms with Crippen molar-refractivity contribution in [2.24, 2.45) is 0 Å². The number of alkyl halides is 1. The van der Waals surface area contributed by atoms with Crippen molar-refractivity contribution in [2.45, 2.75) is 32.2 Å². The molecule has 0 amide bonds. The standard InChI is InChI=1S/C12H17ClFN/c1-4-9(2)15(3)12-6-10(8-13)5-11(14)7-12/h5-7,9H,4,8H2,1-3H3. The van der Waals surface area contributed by atoms with Gasteiger partial charge in [-0.15, -0.1) is 11.6 Å². The molecule has 1 nitrogen and oxygen atoms in total. The molecule has 0 aliphatic rings. The van der Waals surface area contributed by atoms with Crippen molar-refractivity contribution in [2.75, 3.05) is 11.9 Å². The van der Waals surface area contributed by atoms with Crippen LogP contribution in [0.4, 0.5) is 10.1 Å². The lowest BCUT2D eigenvalue weighted by molar-refractivity contribution is 0.620. The van der Waals surface area contributed by atoms with Gasteiger partial charge in [0.15, 0.2) is 0 Å². The summed E-state index contributed by atoms with van der Waals surface area (Å²) in [5.74, 6) is 0.123. The molecule has 1 atom stereocenters. The number of rotatable bonds is 4. The number of hydrogen-bond donors (Lipinski definition) is 0. The Bertz CT molecular complexity index is 327. The molecule has 0 N–H and O–H groups in total. The second kappa shape index (κ2) is 5.36. The Morgan fingerprint density at radius 1 is 1.40 bits per heavy atom. The van der Waals surface area contributed by atoms with Gasteiger partial charge in [-0.05, 0) is 37.1 Å². The van der Waals surface area contributed by atoms with Crippen LogP contribution in [0.3, 0.4) is 0 Å². The Morgan fingerprint density at radius 3 is 2.60 bits per heavy atom. The molecular formula is C12H17ClFN. The van der Waals surface area contributed by atoms with Gasteiger partial charge in [0, 0.05) is 24.7 Å². The summed E-state index contributed by atoms with van der Waals surface area (Å²) in [7, 11) is 1.97. The minimum Gasteiger partial charge on any atom is -0.372 e. The van der Waals surface area contributed by atoms with Gasteiger partial charge in [0.05, 0.1) is 0 Å². The van der Waals surface area contributed by atoms with E-state index in [1.165, 1.54) is 6.07 Å². The molecular weight excluding hydrogens is 213 g/mol. The van der Waals surface area contributed by atoms with Crippen LogP contribution in [0.15, 0.2) is 18.2 Å². The number of anilines is 1. The highest BCUT2D eigenvalue weighted by atomic mass is 35.5. The molecule has 0 heterocycles. The van der Waals surface area contributed by atoms with Crippen molar-refractivity contribution >= 4 is 17.3 Å². The van der Waals surface area contributed by atoms with Crippen LogP contribution in [0.1, 0.15) is 25.8 Å². The number of nitrogens with zero attached hydrogens (tertiary/aromatic N) is 1. The average molecular weight is 230 g/mol. The van der Waals surface area contributed by atoms with Crippen LogP contribution < -0.4 is 4.90 Å². The summed E-state index contributed by atoms with van der Waals surface area (Å²) in [4.78, 5) is 2.07. The largest absolute Gasteiger partial charge is 0.372 e. The summed E-state index contributed by atoms with van der Waals surface area (Å²) in [5.41, 5.74) is 1.71. The molecule has 3 heteroatoms. The van der Waals surface area contributed by atoms with E-state index in [1.54, 1.807) is 6.07 Å². The Balaban J connectivity index is 2.97. The Labute approximate surface area is 95.8 Å². The molecule has 1 rings (SSSR count). The molecule has 0 aliphatic carbocycles. The summed E-state index contributed by atoms with van der Waals surface area (Å²) in [6.07, 6.45) is 1.03. The maximum Gasteiger partial charge on any atom is 0.125 e. The third-order valence-corrected chi connectivity index (χ3v) is 3.06. The zero-order valence-electron chi connectivity index (χ0n) is 9.43. The fourth-order valence-electron chi connectivity index (χ4n) is 1.44. The molecule has 0 saturated carbocycles. The van der Waals surface area contributed by atoms with Gasteiger partial charge in [-0.3, -0.25) is 0 Å². The summed E-state index contributed by atoms with van der Waals surface area (Å²) in [6, 6.07) is 5.35. The highest BCUT2D eigenvalue weighted by molar-refractivity contribution is 6.17. The van der Waals surface area contributed by atoms with Crippen molar-refractivity contribution < 1.29 is 4.39 Å². The van der Waals surface area contributed by atoms with E-state index < -0.39 is 0 Å². The van der Waals surface area contributed by atoms with Crippen molar-refractivity contribution in [1.29, 1.82) is 0 Å². The topological polar surface area (TPSA) is 3.24 Å². The first kappa shape index (κ1) is 12.3. The first-order valence-corrected chi connectivity index (χ1v) is 5.70. The molecule has 0 spiro atoms. The van der Waals surface area contributed by atoms with Crippen molar-refractivity contribution in [3.63, 3.8) is 0 Å². The van der Waals surface area contributed by atoms with Gasteiger partial charge in [-0.1, -0.05) is 6.92 Å². The van der Waals surface area contributed by atoms with Crippen LogP contribution in [0.25, 0.3) is 0 Å². The molecule has 0 radical (unpaired) electrons. The van der Waals surface area contributed by atoms with Gasteiger partial charge in [-0.25, -0.2) is 4.39 Å². The van der Waals surface area contributed by atoms with Crippen molar-refractivity contribution in [3.05, 3.63) is 29.6 Å². The van der Waals surface area contributed by atoms with Gasteiger partial charge >= 0.3 is 0 Å². The average Bonchev–Trinajstić information content (AvgIpc) is 2.26. The normalized spacial score (nSPS) is 12.6. The maximum atomic E-state index is 13.3. The lowest BCUT2D eigenvalue weighted by Crippen LogP contribution is -2.28. The molecule has 1 aromatic rings. The van der Waals surface area contributed by atoms with E-state index in [2.05, 4.69) is 18.7 Å². The third kappa shape index (κ3) is 3.10. The van der Waals surface area contributed by atoms with Crippen LogP contribution in [-0.2, 0) is 5.88 Å². The molecule has 1 unspecified atom stereocenters. The lowest BCUT2D eigenvalue weighted by Gasteiger charge is -2.26. The van der Waals surface area contributed by atoms with E-state index >= 15 is 0 Å². The molecule has 0 bridgehead atoms. The Hall–Kier alpha value is -0.760. The van der Waals surface area contributed by atoms with E-state index in [0.717, 1.165) is 17.7 Å². The zero-order valence-corrected chi connectivity index (χ0v) is 10.2. The van der Waals surface area contributed by atoms with Crippen LogP contribution in [0.2, 0.25) is 0 Å². The lowest BCUT2D eigenvalue weighted by atomic mass is 10.1. The van der Waals surface area contributed by atoms with Crippen LogP contribution >= 0.6 is 11.6 Å². The molecule has 0 fully saturated rings. The second-order valence-electron chi connectivity index (χ2n) is 3.82. The van der Waals surface area contributed by atoms with E-state index in [-0.39, 0.29) is 5.82 Å². The fourth-order valence-corrected chi connectivity index (χ4v) is 1.60. The fraction of sp³-hybridized carbons (Fsp3) is 0.500. The Kier molecular flexibility index (Phi) is 4.40. The smallest absolute Gasteiger partial charge is 0.125 e. The highest BCUT2D eigenvalue weighted by Gasteiger charge is 2.09. The van der Waals surface area contributed by atoms with E-state index in [9.17, 15) is 4.39 Å². The summed E-state index contributed by atoms with van der Waals surface area (Å²) < 4.78 is 13.3. The molecule has 1 aromatic carbocycles. The minimum absolute atomic E-state index is 0.224. The molecule has 0 saturated heterocycles. The van der Waals surface area contributed by atoms with Gasteiger partial charge in [-0.2, -0.15) is 0 Å². The molecule has 0 aromatic heterocycles. The van der Waals surface area contributed by atoms with Crippen molar-refractivity contribution in [1.82, 2.24) is 0 Å². The number of benzene rings is 1. The van der Waals surface area contributed by atoms with E-state index in [0.29, 0.717) is 11.9 Å². The summed E-state index contributed by atoms with van der Waals surface area (Å²) >= 11 is 5.70. The first-order valence-electron chi connectivity index (χ1n) is 5.16. The number of halogens is 2. The summed E-state index contributed by atoms with van der Waals surface area (Å²) in [5, 5.41) is 0. The van der Waals surface area contributed by atoms with E-state index in [1.807, 2.05) is 13.1 Å². The second-order valence-corrected chi connectivity index (χ2v) is 4.09. The monoisotopic (exact) mass is 229 g/mol. The molecule has 15 heavy (non-hydrogen) atoms. The number of hydrogen-bond acceptors (Lipinski definition) is 1. The predicted octanol–water partition coefficient (Wildman–Crippen LogP) is 3.80.